The molecule has 0 spiro atoms. The van der Waals surface area contributed by atoms with Crippen molar-refractivity contribution >= 4 is 11.9 Å². The van der Waals surface area contributed by atoms with Crippen LogP contribution in [0.5, 0.6) is 0 Å². The van der Waals surface area contributed by atoms with Gasteiger partial charge in [0.1, 0.15) is 5.76 Å². The Kier molecular flexibility index (Phi) is 4.61. The second kappa shape index (κ2) is 6.70. The van der Waals surface area contributed by atoms with Gasteiger partial charge in [-0.1, -0.05) is 5.16 Å². The molecule has 0 saturated heterocycles. The van der Waals surface area contributed by atoms with Gasteiger partial charge < -0.3 is 14.7 Å². The van der Waals surface area contributed by atoms with Crippen molar-refractivity contribution in [3.05, 3.63) is 39.1 Å². The highest BCUT2D eigenvalue weighted by Gasteiger charge is 2.33. The lowest BCUT2D eigenvalue weighted by Gasteiger charge is -2.35. The van der Waals surface area contributed by atoms with Crippen LogP contribution in [-0.4, -0.2) is 41.2 Å². The minimum absolute atomic E-state index is 0.0364. The summed E-state index contributed by atoms with van der Waals surface area (Å²) in [4.78, 5) is 32.9. The zero-order valence-corrected chi connectivity index (χ0v) is 14.9. The highest BCUT2D eigenvalue weighted by atomic mass is 16.5. The Labute approximate surface area is 145 Å². The molecule has 1 aliphatic carbocycles. The van der Waals surface area contributed by atoms with E-state index in [9.17, 15) is 9.59 Å². The van der Waals surface area contributed by atoms with Crippen LogP contribution in [0.4, 0.5) is 5.95 Å². The Bertz CT molecular complexity index is 814. The maximum absolute atomic E-state index is 12.2. The summed E-state index contributed by atoms with van der Waals surface area (Å²) in [6.45, 7) is 3.64. The van der Waals surface area contributed by atoms with E-state index >= 15 is 0 Å². The van der Waals surface area contributed by atoms with Crippen molar-refractivity contribution in [2.75, 3.05) is 19.0 Å². The number of H-pyrrole nitrogens is 1. The molecule has 0 aromatic carbocycles. The Morgan fingerprint density at radius 2 is 2.12 bits per heavy atom. The fourth-order valence-corrected chi connectivity index (χ4v) is 3.05. The Morgan fingerprint density at radius 1 is 1.40 bits per heavy atom. The molecule has 0 atom stereocenters. The molecule has 2 aromatic heterocycles. The Hall–Kier alpha value is -2.64. The van der Waals surface area contributed by atoms with E-state index in [4.69, 9.17) is 4.52 Å². The maximum Gasteiger partial charge on any atom is 0.252 e. The van der Waals surface area contributed by atoms with Crippen molar-refractivity contribution in [3.63, 3.8) is 0 Å². The molecule has 1 fully saturated rings. The molecule has 1 amide bonds. The van der Waals surface area contributed by atoms with E-state index in [2.05, 4.69) is 20.4 Å². The number of nitrogens with one attached hydrogen (secondary N) is 2. The van der Waals surface area contributed by atoms with Gasteiger partial charge in [0.05, 0.1) is 17.8 Å². The first kappa shape index (κ1) is 17.2. The minimum Gasteiger partial charge on any atom is -0.361 e. The highest BCUT2D eigenvalue weighted by Crippen LogP contribution is 2.35. The zero-order chi connectivity index (χ0) is 18.1. The molecule has 25 heavy (non-hydrogen) atoms. The molecular weight excluding hydrogens is 322 g/mol. The number of carbonyl (C=O) groups excluding carboxylic acids is 1. The number of rotatable bonds is 5. The maximum atomic E-state index is 12.2. The standard InChI is InChI=1S/C17H23N5O3/c1-9-13(10(2)25-21-9)7-15(23)18-12-5-11(6-12)14-8-16(24)20-17(19-14)22(3)4/h8,11-12H,5-7H2,1-4H3,(H,18,23)(H,19,20,24). The molecule has 1 aliphatic rings. The van der Waals surface area contributed by atoms with Gasteiger partial charge in [0, 0.05) is 37.7 Å². The number of amides is 1. The number of aromatic amines is 1. The number of hydrogen-bond acceptors (Lipinski definition) is 6. The third-order valence-electron chi connectivity index (χ3n) is 4.61. The van der Waals surface area contributed by atoms with Gasteiger partial charge in [-0.2, -0.15) is 0 Å². The first-order valence-corrected chi connectivity index (χ1v) is 8.33. The predicted octanol–water partition coefficient (Wildman–Crippen LogP) is 1.05. The smallest absolute Gasteiger partial charge is 0.252 e. The fraction of sp³-hybridized carbons (Fsp3) is 0.529. The summed E-state index contributed by atoms with van der Waals surface area (Å²) in [5.74, 6) is 1.40. The van der Waals surface area contributed by atoms with Gasteiger partial charge in [0.2, 0.25) is 11.9 Å². The highest BCUT2D eigenvalue weighted by molar-refractivity contribution is 5.79. The summed E-state index contributed by atoms with van der Waals surface area (Å²) in [5, 5.41) is 6.89. The molecule has 0 radical (unpaired) electrons. The van der Waals surface area contributed by atoms with Crippen molar-refractivity contribution in [1.29, 1.82) is 0 Å². The number of aromatic nitrogens is 3. The van der Waals surface area contributed by atoms with Crippen LogP contribution in [0, 0.1) is 13.8 Å². The fourth-order valence-electron chi connectivity index (χ4n) is 3.05. The third-order valence-corrected chi connectivity index (χ3v) is 4.61. The lowest BCUT2D eigenvalue weighted by molar-refractivity contribution is -0.121. The van der Waals surface area contributed by atoms with E-state index in [0.717, 1.165) is 29.8 Å². The minimum atomic E-state index is -0.153. The van der Waals surface area contributed by atoms with Crippen molar-refractivity contribution in [1.82, 2.24) is 20.4 Å². The molecule has 0 unspecified atom stereocenters. The monoisotopic (exact) mass is 345 g/mol. The average Bonchev–Trinajstić information content (AvgIpc) is 2.81. The average molecular weight is 345 g/mol. The van der Waals surface area contributed by atoms with Gasteiger partial charge in [-0.05, 0) is 26.7 Å². The van der Waals surface area contributed by atoms with Crippen LogP contribution < -0.4 is 15.8 Å². The summed E-state index contributed by atoms with van der Waals surface area (Å²) in [6, 6.07) is 1.65. The van der Waals surface area contributed by atoms with E-state index in [1.54, 1.807) is 11.0 Å². The van der Waals surface area contributed by atoms with Crippen molar-refractivity contribution in [3.8, 4) is 0 Å². The van der Waals surface area contributed by atoms with Gasteiger partial charge >= 0.3 is 0 Å². The molecule has 134 valence electrons. The lowest BCUT2D eigenvalue weighted by Crippen LogP contribution is -2.44. The second-order valence-electron chi connectivity index (χ2n) is 6.80. The van der Waals surface area contributed by atoms with Crippen LogP contribution >= 0.6 is 0 Å². The predicted molar refractivity (Wildman–Crippen MR) is 92.8 cm³/mol. The third kappa shape index (κ3) is 3.72. The van der Waals surface area contributed by atoms with E-state index in [1.165, 1.54) is 0 Å². The molecule has 2 N–H and O–H groups in total. The quantitative estimate of drug-likeness (QED) is 0.839. The Balaban J connectivity index is 1.56. The number of aryl methyl sites for hydroxylation is 2. The van der Waals surface area contributed by atoms with E-state index in [0.29, 0.717) is 11.7 Å². The molecule has 8 nitrogen and oxygen atoms in total. The first-order chi connectivity index (χ1) is 11.8. The lowest BCUT2D eigenvalue weighted by atomic mass is 9.78. The molecular formula is C17H23N5O3. The molecule has 0 bridgehead atoms. The van der Waals surface area contributed by atoms with Gasteiger partial charge in [0.15, 0.2) is 0 Å². The van der Waals surface area contributed by atoms with Gasteiger partial charge in [0.25, 0.3) is 5.56 Å². The van der Waals surface area contributed by atoms with Crippen LogP contribution in [0.25, 0.3) is 0 Å². The SMILES string of the molecule is Cc1noc(C)c1CC(=O)NC1CC(c2cc(=O)[nH]c(N(C)C)n2)C1. The summed E-state index contributed by atoms with van der Waals surface area (Å²) in [6.07, 6.45) is 1.85. The van der Waals surface area contributed by atoms with Crippen LogP contribution in [-0.2, 0) is 11.2 Å². The molecule has 2 aromatic rings. The summed E-state index contributed by atoms with van der Waals surface area (Å²) >= 11 is 0. The summed E-state index contributed by atoms with van der Waals surface area (Å²) < 4.78 is 5.08. The van der Waals surface area contributed by atoms with E-state index in [-0.39, 0.29) is 29.8 Å². The Morgan fingerprint density at radius 3 is 2.72 bits per heavy atom. The van der Waals surface area contributed by atoms with Crippen LogP contribution in [0.2, 0.25) is 0 Å². The van der Waals surface area contributed by atoms with Crippen molar-refractivity contribution < 1.29 is 9.32 Å². The van der Waals surface area contributed by atoms with Crippen molar-refractivity contribution in [2.24, 2.45) is 0 Å². The number of carbonyl (C=O) groups is 1. The molecule has 1 saturated carbocycles. The first-order valence-electron chi connectivity index (χ1n) is 8.33. The second-order valence-corrected chi connectivity index (χ2v) is 6.80. The number of nitrogens with zero attached hydrogens (tertiary/aromatic N) is 3. The zero-order valence-electron chi connectivity index (χ0n) is 14.9. The molecule has 3 rings (SSSR count). The summed E-state index contributed by atoms with van der Waals surface area (Å²) in [7, 11) is 3.67. The molecule has 8 heteroatoms. The van der Waals surface area contributed by atoms with Gasteiger partial charge in [-0.15, -0.1) is 0 Å². The number of hydrogen-bond donors (Lipinski definition) is 2. The van der Waals surface area contributed by atoms with Crippen LogP contribution in [0.3, 0.4) is 0 Å². The van der Waals surface area contributed by atoms with Gasteiger partial charge in [-0.3, -0.25) is 14.6 Å². The van der Waals surface area contributed by atoms with Crippen molar-refractivity contribution in [2.45, 2.75) is 45.1 Å². The molecule has 0 aliphatic heterocycles. The number of anilines is 1. The molecule has 2 heterocycles. The largest absolute Gasteiger partial charge is 0.361 e. The van der Waals surface area contributed by atoms with Crippen LogP contribution in [0.1, 0.15) is 41.5 Å². The topological polar surface area (TPSA) is 104 Å². The van der Waals surface area contributed by atoms with Crippen LogP contribution in [0.15, 0.2) is 15.4 Å². The summed E-state index contributed by atoms with van der Waals surface area (Å²) in [5.41, 5.74) is 2.23. The normalized spacial score (nSPS) is 19.4. The van der Waals surface area contributed by atoms with Gasteiger partial charge in [-0.25, -0.2) is 4.98 Å². The van der Waals surface area contributed by atoms with E-state index in [1.807, 2.05) is 27.9 Å². The van der Waals surface area contributed by atoms with E-state index < -0.39 is 0 Å².